The van der Waals surface area contributed by atoms with Crippen LogP contribution in [0.2, 0.25) is 0 Å². The van der Waals surface area contributed by atoms with E-state index in [1.807, 2.05) is 25.1 Å². The summed E-state index contributed by atoms with van der Waals surface area (Å²) in [5.74, 6) is 0.0466. The zero-order valence-electron chi connectivity index (χ0n) is 12.3. The molecule has 0 radical (unpaired) electrons. The van der Waals surface area contributed by atoms with Gasteiger partial charge in [0.1, 0.15) is 0 Å². The van der Waals surface area contributed by atoms with Gasteiger partial charge in [-0.05, 0) is 43.3 Å². The fraction of sp³-hybridized carbons (Fsp3) is 0.562. The van der Waals surface area contributed by atoms with Gasteiger partial charge in [-0.25, -0.2) is 0 Å². The SMILES string of the molecule is CC1=C(/C=C/C(=O)/C=C/N(C)C)C(C)(C)CCC1. The van der Waals surface area contributed by atoms with Crippen molar-refractivity contribution in [3.63, 3.8) is 0 Å². The molecule has 0 spiro atoms. The van der Waals surface area contributed by atoms with Crippen molar-refractivity contribution >= 4 is 5.78 Å². The summed E-state index contributed by atoms with van der Waals surface area (Å²) in [5, 5.41) is 0. The molecular formula is C16H25NO. The zero-order valence-corrected chi connectivity index (χ0v) is 12.3. The van der Waals surface area contributed by atoms with Gasteiger partial charge in [0.25, 0.3) is 0 Å². The van der Waals surface area contributed by atoms with Gasteiger partial charge in [0, 0.05) is 26.4 Å². The van der Waals surface area contributed by atoms with Crippen LogP contribution in [0.5, 0.6) is 0 Å². The molecule has 0 unspecified atom stereocenters. The van der Waals surface area contributed by atoms with Crippen molar-refractivity contribution in [1.82, 2.24) is 4.90 Å². The Morgan fingerprint density at radius 2 is 1.94 bits per heavy atom. The predicted molar refractivity (Wildman–Crippen MR) is 77.3 cm³/mol. The van der Waals surface area contributed by atoms with Gasteiger partial charge in [-0.2, -0.15) is 0 Å². The molecule has 0 fully saturated rings. The molecule has 1 aliphatic carbocycles. The average molecular weight is 247 g/mol. The van der Waals surface area contributed by atoms with Crippen molar-refractivity contribution in [2.45, 2.75) is 40.0 Å². The molecule has 1 rings (SSSR count). The maximum Gasteiger partial charge on any atom is 0.180 e. The molecule has 0 amide bonds. The van der Waals surface area contributed by atoms with Gasteiger partial charge >= 0.3 is 0 Å². The fourth-order valence-electron chi connectivity index (χ4n) is 2.45. The van der Waals surface area contributed by atoms with Crippen LogP contribution in [0.15, 0.2) is 35.6 Å². The van der Waals surface area contributed by atoms with E-state index < -0.39 is 0 Å². The number of rotatable bonds is 4. The van der Waals surface area contributed by atoms with E-state index in [0.717, 1.165) is 6.42 Å². The molecule has 0 aromatic rings. The minimum atomic E-state index is 0.0466. The lowest BCUT2D eigenvalue weighted by molar-refractivity contribution is -0.110. The Hall–Kier alpha value is -1.31. The number of nitrogens with zero attached hydrogens (tertiary/aromatic N) is 1. The van der Waals surface area contributed by atoms with E-state index in [0.29, 0.717) is 0 Å². The van der Waals surface area contributed by atoms with Crippen LogP contribution in [-0.4, -0.2) is 24.8 Å². The van der Waals surface area contributed by atoms with Crippen LogP contribution < -0.4 is 0 Å². The van der Waals surface area contributed by atoms with Crippen molar-refractivity contribution in [2.24, 2.45) is 5.41 Å². The predicted octanol–water partition coefficient (Wildman–Crippen LogP) is 3.71. The Labute approximate surface area is 111 Å². The number of ketones is 1. The smallest absolute Gasteiger partial charge is 0.180 e. The largest absolute Gasteiger partial charge is 0.383 e. The van der Waals surface area contributed by atoms with Crippen molar-refractivity contribution in [3.05, 3.63) is 35.6 Å². The van der Waals surface area contributed by atoms with Crippen LogP contribution in [-0.2, 0) is 4.79 Å². The number of carbonyl (C=O) groups excluding carboxylic acids is 1. The van der Waals surface area contributed by atoms with Gasteiger partial charge in [0.15, 0.2) is 5.78 Å². The molecule has 0 saturated carbocycles. The van der Waals surface area contributed by atoms with E-state index >= 15 is 0 Å². The van der Waals surface area contributed by atoms with Crippen LogP contribution in [0.3, 0.4) is 0 Å². The third kappa shape index (κ3) is 4.17. The highest BCUT2D eigenvalue weighted by Crippen LogP contribution is 2.40. The lowest BCUT2D eigenvalue weighted by atomic mass is 9.72. The maximum atomic E-state index is 11.7. The second-order valence-electron chi connectivity index (χ2n) is 5.95. The molecule has 0 heterocycles. The zero-order chi connectivity index (χ0) is 13.8. The van der Waals surface area contributed by atoms with E-state index in [1.165, 1.54) is 24.0 Å². The van der Waals surface area contributed by atoms with E-state index in [2.05, 4.69) is 20.8 Å². The van der Waals surface area contributed by atoms with Gasteiger partial charge in [0.2, 0.25) is 0 Å². The van der Waals surface area contributed by atoms with Gasteiger partial charge in [-0.1, -0.05) is 25.5 Å². The van der Waals surface area contributed by atoms with Crippen LogP contribution >= 0.6 is 0 Å². The van der Waals surface area contributed by atoms with E-state index in [1.54, 1.807) is 18.4 Å². The fourth-order valence-corrected chi connectivity index (χ4v) is 2.45. The highest BCUT2D eigenvalue weighted by Gasteiger charge is 2.26. The second kappa shape index (κ2) is 6.03. The molecule has 0 bridgehead atoms. The molecule has 0 aromatic carbocycles. The summed E-state index contributed by atoms with van der Waals surface area (Å²) < 4.78 is 0. The summed E-state index contributed by atoms with van der Waals surface area (Å²) in [5.41, 5.74) is 2.96. The molecule has 0 N–H and O–H groups in total. The van der Waals surface area contributed by atoms with Crippen molar-refractivity contribution < 1.29 is 4.79 Å². The number of hydrogen-bond acceptors (Lipinski definition) is 2. The molecule has 100 valence electrons. The Morgan fingerprint density at radius 1 is 1.28 bits per heavy atom. The Morgan fingerprint density at radius 3 is 2.50 bits per heavy atom. The van der Waals surface area contributed by atoms with Crippen LogP contribution in [0.25, 0.3) is 0 Å². The molecule has 0 aliphatic heterocycles. The third-order valence-corrected chi connectivity index (χ3v) is 3.49. The van der Waals surface area contributed by atoms with Crippen molar-refractivity contribution in [2.75, 3.05) is 14.1 Å². The Bertz CT molecular complexity index is 397. The first-order valence-corrected chi connectivity index (χ1v) is 6.60. The van der Waals surface area contributed by atoms with E-state index in [4.69, 9.17) is 0 Å². The normalized spacial score (nSPS) is 19.8. The Kier molecular flexibility index (Phi) is 4.94. The van der Waals surface area contributed by atoms with Crippen molar-refractivity contribution in [3.8, 4) is 0 Å². The summed E-state index contributed by atoms with van der Waals surface area (Å²) in [6.45, 7) is 6.70. The molecule has 0 saturated heterocycles. The third-order valence-electron chi connectivity index (χ3n) is 3.49. The minimum Gasteiger partial charge on any atom is -0.383 e. The van der Waals surface area contributed by atoms with Crippen LogP contribution in [0, 0.1) is 5.41 Å². The summed E-state index contributed by atoms with van der Waals surface area (Å²) in [4.78, 5) is 13.5. The summed E-state index contributed by atoms with van der Waals surface area (Å²) >= 11 is 0. The molecule has 1 aliphatic rings. The standard InChI is InChI=1S/C16H25NO/c1-13-7-6-11-16(2,3)15(13)9-8-14(18)10-12-17(4)5/h8-10,12H,6-7,11H2,1-5H3/b9-8+,12-10+. The summed E-state index contributed by atoms with van der Waals surface area (Å²) in [6, 6.07) is 0. The van der Waals surface area contributed by atoms with Gasteiger partial charge in [-0.15, -0.1) is 0 Å². The van der Waals surface area contributed by atoms with Gasteiger partial charge in [-0.3, -0.25) is 4.79 Å². The monoisotopic (exact) mass is 247 g/mol. The quantitative estimate of drug-likeness (QED) is 0.706. The molecule has 0 aromatic heterocycles. The lowest BCUT2D eigenvalue weighted by Crippen LogP contribution is -2.19. The highest BCUT2D eigenvalue weighted by molar-refractivity contribution is 5.99. The van der Waals surface area contributed by atoms with E-state index in [-0.39, 0.29) is 11.2 Å². The first-order valence-electron chi connectivity index (χ1n) is 6.60. The summed E-state index contributed by atoms with van der Waals surface area (Å²) in [7, 11) is 3.81. The molecular weight excluding hydrogens is 222 g/mol. The average Bonchev–Trinajstić information content (AvgIpc) is 2.24. The maximum absolute atomic E-state index is 11.7. The second-order valence-corrected chi connectivity index (χ2v) is 5.95. The first-order chi connectivity index (χ1) is 8.33. The molecule has 2 heteroatoms. The number of carbonyl (C=O) groups is 1. The topological polar surface area (TPSA) is 20.3 Å². The van der Waals surface area contributed by atoms with Gasteiger partial charge in [0.05, 0.1) is 0 Å². The van der Waals surface area contributed by atoms with Crippen molar-refractivity contribution in [1.29, 1.82) is 0 Å². The first kappa shape index (κ1) is 14.7. The Balaban J connectivity index is 2.79. The number of hydrogen-bond donors (Lipinski definition) is 0. The summed E-state index contributed by atoms with van der Waals surface area (Å²) in [6.07, 6.45) is 10.7. The van der Waals surface area contributed by atoms with E-state index in [9.17, 15) is 4.79 Å². The molecule has 18 heavy (non-hydrogen) atoms. The molecule has 2 nitrogen and oxygen atoms in total. The van der Waals surface area contributed by atoms with Crippen LogP contribution in [0.1, 0.15) is 40.0 Å². The lowest BCUT2D eigenvalue weighted by Gasteiger charge is -2.32. The minimum absolute atomic E-state index is 0.0466. The van der Waals surface area contributed by atoms with Crippen LogP contribution in [0.4, 0.5) is 0 Å². The number of allylic oxidation sites excluding steroid dienone is 5. The highest BCUT2D eigenvalue weighted by atomic mass is 16.1. The molecule has 0 atom stereocenters. The van der Waals surface area contributed by atoms with Gasteiger partial charge < -0.3 is 4.90 Å².